The van der Waals surface area contributed by atoms with Crippen LogP contribution >= 0.6 is 11.3 Å². The third kappa shape index (κ3) is 5.79. The Hall–Kier alpha value is -4.17. The van der Waals surface area contributed by atoms with Gasteiger partial charge >= 0.3 is 0 Å². The molecule has 0 aliphatic carbocycles. The summed E-state index contributed by atoms with van der Waals surface area (Å²) in [6, 6.07) is 15.1. The molecule has 2 heterocycles. The van der Waals surface area contributed by atoms with Crippen molar-refractivity contribution in [3.8, 4) is 11.5 Å². The second-order valence-electron chi connectivity index (χ2n) is 13.9. The van der Waals surface area contributed by atoms with Crippen molar-refractivity contribution in [3.63, 3.8) is 0 Å². The highest BCUT2D eigenvalue weighted by atomic mass is 32.1. The number of rotatable bonds is 6. The summed E-state index contributed by atoms with van der Waals surface area (Å²) in [5.41, 5.74) is 3.41. The Labute approximate surface area is 275 Å². The molecule has 0 radical (unpaired) electrons. The lowest BCUT2D eigenvalue weighted by atomic mass is 9.78. The number of carbonyl (C=O) groups excluding carboxylic acids is 1. The lowest BCUT2D eigenvalue weighted by molar-refractivity contribution is -0.127. The number of hydrogen-bond acceptors (Lipinski definition) is 6. The first kappa shape index (κ1) is 33.2. The van der Waals surface area contributed by atoms with E-state index in [9.17, 15) is 14.7 Å². The van der Waals surface area contributed by atoms with Gasteiger partial charge in [0.2, 0.25) is 0 Å². The zero-order chi connectivity index (χ0) is 33.7. The number of methoxy groups -OCH3 is 1. The number of likely N-dealkylation sites (N-methyl/N-ethyl adjacent to an activating group) is 1. The molecule has 4 aromatic rings. The maximum Gasteiger partial charge on any atom is 0.271 e. The zero-order valence-corrected chi connectivity index (χ0v) is 29.4. The van der Waals surface area contributed by atoms with Gasteiger partial charge in [-0.2, -0.15) is 0 Å². The largest absolute Gasteiger partial charge is 0.507 e. The van der Waals surface area contributed by atoms with E-state index in [4.69, 9.17) is 9.73 Å². The smallest absolute Gasteiger partial charge is 0.271 e. The molecule has 242 valence electrons. The van der Waals surface area contributed by atoms with Crippen molar-refractivity contribution in [1.82, 2.24) is 9.47 Å². The second kappa shape index (κ2) is 12.2. The number of nitrogens with zero attached hydrogens (tertiary/aromatic N) is 3. The van der Waals surface area contributed by atoms with Crippen molar-refractivity contribution in [3.05, 3.63) is 102 Å². The minimum atomic E-state index is -0.748. The lowest BCUT2D eigenvalue weighted by Crippen LogP contribution is -2.43. The monoisotopic (exact) mass is 639 g/mol. The van der Waals surface area contributed by atoms with E-state index < -0.39 is 6.04 Å². The molecule has 1 atom stereocenters. The Balaban J connectivity index is 1.86. The molecule has 3 aromatic carbocycles. The molecule has 5 rings (SSSR count). The predicted molar refractivity (Wildman–Crippen MR) is 188 cm³/mol. The minimum absolute atomic E-state index is 0.149. The molecule has 1 N–H and O–H groups in total. The summed E-state index contributed by atoms with van der Waals surface area (Å²) >= 11 is 1.31. The number of phenols is 1. The van der Waals surface area contributed by atoms with Crippen LogP contribution in [0.5, 0.6) is 11.5 Å². The number of aromatic hydroxyl groups is 1. The van der Waals surface area contributed by atoms with Gasteiger partial charge in [-0.1, -0.05) is 83.2 Å². The average Bonchev–Trinajstić information content (AvgIpc) is 3.29. The Morgan fingerprint density at radius 1 is 1.02 bits per heavy atom. The van der Waals surface area contributed by atoms with Crippen LogP contribution in [0.4, 0.5) is 0 Å². The molecule has 0 saturated heterocycles. The Morgan fingerprint density at radius 3 is 2.20 bits per heavy atom. The molecule has 0 saturated carbocycles. The van der Waals surface area contributed by atoms with Gasteiger partial charge in [0.05, 0.1) is 22.9 Å². The maximum absolute atomic E-state index is 14.6. The molecular formula is C38H45N3O4S. The van der Waals surface area contributed by atoms with Crippen LogP contribution in [-0.2, 0) is 15.6 Å². The van der Waals surface area contributed by atoms with Crippen LogP contribution in [0.3, 0.4) is 0 Å². The predicted octanol–water partition coefficient (Wildman–Crippen LogP) is 6.57. The number of benzene rings is 3. The van der Waals surface area contributed by atoms with Gasteiger partial charge in [-0.25, -0.2) is 4.99 Å². The van der Waals surface area contributed by atoms with E-state index in [-0.39, 0.29) is 28.0 Å². The summed E-state index contributed by atoms with van der Waals surface area (Å²) in [7, 11) is 1.62. The van der Waals surface area contributed by atoms with Crippen LogP contribution in [0.2, 0.25) is 0 Å². The van der Waals surface area contributed by atoms with Crippen LogP contribution in [0.15, 0.2) is 69.6 Å². The Bertz CT molecular complexity index is 2020. The molecule has 8 heteroatoms. The standard InChI is InChI=1S/C38H45N3O4S/c1-11-40(12-2)35(44)30-22(3)39-36-41(32(30)31-25-16-14-13-15-24(25)17-18-28(31)45-10)34(43)29(46-36)21-23-19-26(37(4,5)6)33(42)27(20-23)38(7,8)9/h13-21,32,42H,11-12H2,1-10H3/b29-21+/t32-/m1/s1. The number of carbonyl (C=O) groups is 1. The SMILES string of the molecule is CCN(CC)C(=O)C1=C(C)N=c2s/c(=C/c3cc(C(C)(C)C)c(O)c(C(C)(C)C)c3)c(=O)n2[C@H]1c1c(OC)ccc2ccccc12. The Morgan fingerprint density at radius 2 is 1.63 bits per heavy atom. The second-order valence-corrected chi connectivity index (χ2v) is 14.9. The highest BCUT2D eigenvalue weighted by Gasteiger charge is 2.37. The fourth-order valence-corrected chi connectivity index (χ4v) is 7.37. The fraction of sp³-hybridized carbons (Fsp3) is 0.395. The number of fused-ring (bicyclic) bond motifs is 2. The first-order valence-corrected chi connectivity index (χ1v) is 16.7. The van der Waals surface area contributed by atoms with Gasteiger partial charge in [0, 0.05) is 29.8 Å². The average molecular weight is 640 g/mol. The van der Waals surface area contributed by atoms with E-state index >= 15 is 0 Å². The molecule has 0 bridgehead atoms. The van der Waals surface area contributed by atoms with E-state index in [0.29, 0.717) is 39.4 Å². The number of phenolic OH excluding ortho intramolecular Hbond substituents is 1. The van der Waals surface area contributed by atoms with E-state index in [0.717, 1.165) is 33.0 Å². The van der Waals surface area contributed by atoms with E-state index in [1.807, 2.05) is 75.4 Å². The molecule has 7 nitrogen and oxygen atoms in total. The third-order valence-corrected chi connectivity index (χ3v) is 9.76. The minimum Gasteiger partial charge on any atom is -0.507 e. The van der Waals surface area contributed by atoms with Gasteiger partial charge in [0.1, 0.15) is 17.5 Å². The summed E-state index contributed by atoms with van der Waals surface area (Å²) in [6.45, 7) is 19.2. The number of ether oxygens (including phenoxy) is 1. The van der Waals surface area contributed by atoms with Gasteiger partial charge in [-0.3, -0.25) is 14.2 Å². The molecule has 1 aromatic heterocycles. The molecule has 1 aliphatic heterocycles. The third-order valence-electron chi connectivity index (χ3n) is 8.77. The molecule has 1 amide bonds. The van der Waals surface area contributed by atoms with Crippen LogP contribution in [0.25, 0.3) is 16.8 Å². The van der Waals surface area contributed by atoms with Crippen molar-refractivity contribution >= 4 is 34.1 Å². The summed E-state index contributed by atoms with van der Waals surface area (Å²) in [5.74, 6) is 0.738. The number of thiazole rings is 1. The van der Waals surface area contributed by atoms with Gasteiger partial charge in [0.15, 0.2) is 4.80 Å². The van der Waals surface area contributed by atoms with Crippen LogP contribution in [0, 0.1) is 0 Å². The number of amides is 1. The number of allylic oxidation sites excluding steroid dienone is 1. The van der Waals surface area contributed by atoms with Gasteiger partial charge in [-0.15, -0.1) is 0 Å². The van der Waals surface area contributed by atoms with Gasteiger partial charge in [0.25, 0.3) is 11.5 Å². The van der Waals surface area contributed by atoms with Crippen molar-refractivity contribution in [2.24, 2.45) is 4.99 Å². The summed E-state index contributed by atoms with van der Waals surface area (Å²) in [5, 5.41) is 13.2. The van der Waals surface area contributed by atoms with E-state index in [1.165, 1.54) is 11.3 Å². The molecule has 0 unspecified atom stereocenters. The molecule has 0 fully saturated rings. The van der Waals surface area contributed by atoms with Crippen LogP contribution in [0.1, 0.15) is 90.6 Å². The summed E-state index contributed by atoms with van der Waals surface area (Å²) in [6.07, 6.45) is 1.89. The van der Waals surface area contributed by atoms with Crippen LogP contribution in [-0.4, -0.2) is 40.7 Å². The van der Waals surface area contributed by atoms with Crippen LogP contribution < -0.4 is 19.6 Å². The number of hydrogen-bond donors (Lipinski definition) is 1. The molecule has 46 heavy (non-hydrogen) atoms. The van der Waals surface area contributed by atoms with E-state index in [1.54, 1.807) is 16.6 Å². The molecular weight excluding hydrogens is 595 g/mol. The highest BCUT2D eigenvalue weighted by Crippen LogP contribution is 2.42. The Kier molecular flexibility index (Phi) is 8.81. The highest BCUT2D eigenvalue weighted by molar-refractivity contribution is 7.07. The maximum atomic E-state index is 14.6. The van der Waals surface area contributed by atoms with E-state index in [2.05, 4.69) is 41.5 Å². The van der Waals surface area contributed by atoms with Crippen molar-refractivity contribution in [2.75, 3.05) is 20.2 Å². The number of aromatic nitrogens is 1. The topological polar surface area (TPSA) is 84.1 Å². The molecule has 1 aliphatic rings. The van der Waals surface area contributed by atoms with Crippen molar-refractivity contribution in [2.45, 2.75) is 79.2 Å². The quantitative estimate of drug-likeness (QED) is 0.259. The fourth-order valence-electron chi connectivity index (χ4n) is 6.32. The normalized spacial score (nSPS) is 15.6. The first-order valence-electron chi connectivity index (χ1n) is 15.9. The summed E-state index contributed by atoms with van der Waals surface area (Å²) in [4.78, 5) is 36.0. The summed E-state index contributed by atoms with van der Waals surface area (Å²) < 4.78 is 8.08. The van der Waals surface area contributed by atoms with Crippen molar-refractivity contribution in [1.29, 1.82) is 0 Å². The van der Waals surface area contributed by atoms with Gasteiger partial charge in [-0.05, 0) is 72.2 Å². The van der Waals surface area contributed by atoms with Gasteiger partial charge < -0.3 is 14.7 Å². The van der Waals surface area contributed by atoms with Crippen molar-refractivity contribution < 1.29 is 14.6 Å². The first-order chi connectivity index (χ1) is 21.6. The zero-order valence-electron chi connectivity index (χ0n) is 28.6. The molecule has 0 spiro atoms. The lowest BCUT2D eigenvalue weighted by Gasteiger charge is -2.30.